The average Bonchev–Trinajstić information content (AvgIpc) is 2.80. The molecule has 1 aliphatic heterocycles. The molecule has 0 radical (unpaired) electrons. The summed E-state index contributed by atoms with van der Waals surface area (Å²) in [5, 5.41) is 12.0. The van der Waals surface area contributed by atoms with Crippen molar-refractivity contribution < 1.29 is 23.1 Å². The molecule has 0 spiro atoms. The summed E-state index contributed by atoms with van der Waals surface area (Å²) in [5.41, 5.74) is 0.209. The number of hydrogen-bond acceptors (Lipinski definition) is 4. The monoisotopic (exact) mass is 455 g/mol. The second kappa shape index (κ2) is 10.9. The first-order valence-corrected chi connectivity index (χ1v) is 11.0. The lowest BCUT2D eigenvalue weighted by atomic mass is 9.85. The second-order valence-corrected chi connectivity index (χ2v) is 8.64. The van der Waals surface area contributed by atoms with Gasteiger partial charge in [0.05, 0.1) is 5.56 Å². The third kappa shape index (κ3) is 6.28. The Morgan fingerprint density at radius 3 is 2.42 bits per heavy atom. The fourth-order valence-electron chi connectivity index (χ4n) is 4.05. The van der Waals surface area contributed by atoms with Crippen molar-refractivity contribution in [3.63, 3.8) is 0 Å². The van der Waals surface area contributed by atoms with E-state index in [1.165, 1.54) is 47.4 Å². The largest absolute Gasteiger partial charge is 0.415 e. The average molecular weight is 456 g/mol. The molecule has 8 heteroatoms. The first-order valence-electron chi connectivity index (χ1n) is 11.0. The smallest absolute Gasteiger partial charge is 0.407 e. The van der Waals surface area contributed by atoms with E-state index in [-0.39, 0.29) is 29.2 Å². The van der Waals surface area contributed by atoms with Crippen molar-refractivity contribution in [1.29, 1.82) is 5.26 Å². The molecular weight excluding hydrogens is 428 g/mol. The Labute approximate surface area is 192 Å². The van der Waals surface area contributed by atoms with Gasteiger partial charge in [0.2, 0.25) is 0 Å². The Kier molecular flexibility index (Phi) is 7.99. The maximum absolute atomic E-state index is 14.2. The third-order valence-corrected chi connectivity index (χ3v) is 5.80. The topological polar surface area (TPSA) is 82.4 Å². The van der Waals surface area contributed by atoms with Gasteiger partial charge < -0.3 is 15.0 Å². The minimum absolute atomic E-state index is 0.0921. The zero-order valence-corrected chi connectivity index (χ0v) is 18.7. The van der Waals surface area contributed by atoms with Crippen molar-refractivity contribution in [3.8, 4) is 11.8 Å². The zero-order chi connectivity index (χ0) is 24.0. The van der Waals surface area contributed by atoms with Crippen LogP contribution >= 0.6 is 0 Å². The van der Waals surface area contributed by atoms with Gasteiger partial charge in [0.1, 0.15) is 11.9 Å². The number of nitrogens with zero attached hydrogens (tertiary/aromatic N) is 2. The minimum atomic E-state index is -0.858. The van der Waals surface area contributed by atoms with E-state index in [0.29, 0.717) is 37.4 Å². The predicted octanol–water partition coefficient (Wildman–Crippen LogP) is 4.89. The normalized spacial score (nSPS) is 15.1. The molecule has 1 saturated heterocycles. The molecule has 2 aromatic rings. The van der Waals surface area contributed by atoms with E-state index in [9.17, 15) is 18.4 Å². The molecule has 1 N–H and O–H groups in total. The summed E-state index contributed by atoms with van der Waals surface area (Å²) in [7, 11) is 0. The Balaban J connectivity index is 1.60. The molecule has 33 heavy (non-hydrogen) atoms. The van der Waals surface area contributed by atoms with Crippen molar-refractivity contribution in [2.75, 3.05) is 13.1 Å². The molecule has 1 unspecified atom stereocenters. The van der Waals surface area contributed by atoms with Crippen molar-refractivity contribution in [2.45, 2.75) is 39.2 Å². The van der Waals surface area contributed by atoms with Crippen LogP contribution in [0.4, 0.5) is 13.6 Å². The van der Waals surface area contributed by atoms with E-state index in [0.717, 1.165) is 6.42 Å². The third-order valence-electron chi connectivity index (χ3n) is 5.80. The van der Waals surface area contributed by atoms with E-state index in [1.807, 2.05) is 0 Å². The van der Waals surface area contributed by atoms with Gasteiger partial charge in [0.25, 0.3) is 5.91 Å². The van der Waals surface area contributed by atoms with Gasteiger partial charge in [-0.3, -0.25) is 4.79 Å². The first-order chi connectivity index (χ1) is 15.8. The molecule has 0 aliphatic carbocycles. The van der Waals surface area contributed by atoms with Gasteiger partial charge in [0, 0.05) is 24.7 Å². The van der Waals surface area contributed by atoms with E-state index in [4.69, 9.17) is 10.00 Å². The lowest BCUT2D eigenvalue weighted by Crippen LogP contribution is -2.47. The number of amides is 2. The molecule has 2 amide bonds. The summed E-state index contributed by atoms with van der Waals surface area (Å²) in [4.78, 5) is 26.7. The molecule has 1 heterocycles. The number of likely N-dealkylation sites (tertiary alicyclic amines) is 1. The molecule has 1 atom stereocenters. The lowest BCUT2D eigenvalue weighted by molar-refractivity contribution is 0.0870. The Bertz CT molecular complexity index is 1030. The van der Waals surface area contributed by atoms with Gasteiger partial charge in [-0.1, -0.05) is 19.9 Å². The minimum Gasteiger partial charge on any atom is -0.407 e. The predicted molar refractivity (Wildman–Crippen MR) is 119 cm³/mol. The molecular formula is C25H27F2N3O3. The highest BCUT2D eigenvalue weighted by Crippen LogP contribution is 2.27. The summed E-state index contributed by atoms with van der Waals surface area (Å²) >= 11 is 0. The summed E-state index contributed by atoms with van der Waals surface area (Å²) in [5.74, 6) is -1.28. The van der Waals surface area contributed by atoms with Gasteiger partial charge >= 0.3 is 6.09 Å². The number of benzene rings is 2. The number of halogens is 2. The van der Waals surface area contributed by atoms with Crippen molar-refractivity contribution in [3.05, 3.63) is 65.2 Å². The number of rotatable bonds is 6. The Morgan fingerprint density at radius 1 is 1.15 bits per heavy atom. The summed E-state index contributed by atoms with van der Waals surface area (Å²) < 4.78 is 32.5. The molecule has 0 bridgehead atoms. The molecule has 0 aromatic heterocycles. The van der Waals surface area contributed by atoms with E-state index >= 15 is 0 Å². The van der Waals surface area contributed by atoms with Crippen LogP contribution in [0.25, 0.3) is 0 Å². The number of nitrogens with one attached hydrogen (secondary N) is 1. The van der Waals surface area contributed by atoms with Crippen LogP contribution < -0.4 is 10.1 Å². The summed E-state index contributed by atoms with van der Waals surface area (Å²) in [6.07, 6.45) is 1.40. The standard InChI is InChI=1S/C25H27F2N3O3/c1-16(2)14-21(29-24(31)18-6-8-20(26)9-7-18)17-10-12-30(13-11-17)25(32)33-22-5-3-4-19(15-28)23(22)27/h3-9,16-17,21H,10-14H2,1-2H3,(H,29,31). The number of hydrogen-bond donors (Lipinski definition) is 1. The highest BCUT2D eigenvalue weighted by atomic mass is 19.1. The van der Waals surface area contributed by atoms with Crippen LogP contribution in [0.2, 0.25) is 0 Å². The van der Waals surface area contributed by atoms with E-state index in [1.54, 1.807) is 6.07 Å². The van der Waals surface area contributed by atoms with Crippen LogP contribution in [-0.2, 0) is 0 Å². The van der Waals surface area contributed by atoms with E-state index in [2.05, 4.69) is 19.2 Å². The van der Waals surface area contributed by atoms with Crippen molar-refractivity contribution in [2.24, 2.45) is 11.8 Å². The molecule has 2 aromatic carbocycles. The lowest BCUT2D eigenvalue weighted by Gasteiger charge is -2.36. The van der Waals surface area contributed by atoms with Crippen LogP contribution in [0.15, 0.2) is 42.5 Å². The molecule has 1 aliphatic rings. The van der Waals surface area contributed by atoms with Gasteiger partial charge in [-0.05, 0) is 67.5 Å². The van der Waals surface area contributed by atoms with Gasteiger partial charge in [-0.15, -0.1) is 0 Å². The fourth-order valence-corrected chi connectivity index (χ4v) is 4.05. The number of carbonyl (C=O) groups is 2. The molecule has 1 fully saturated rings. The van der Waals surface area contributed by atoms with Crippen LogP contribution in [0, 0.1) is 34.8 Å². The quantitative estimate of drug-likeness (QED) is 0.672. The van der Waals surface area contributed by atoms with Crippen molar-refractivity contribution >= 4 is 12.0 Å². The van der Waals surface area contributed by atoms with Gasteiger partial charge in [-0.25, -0.2) is 13.6 Å². The Morgan fingerprint density at radius 2 is 1.82 bits per heavy atom. The summed E-state index contributed by atoms with van der Waals surface area (Å²) in [6.45, 7) is 4.97. The fraction of sp³-hybridized carbons (Fsp3) is 0.400. The van der Waals surface area contributed by atoms with Crippen LogP contribution in [0.5, 0.6) is 5.75 Å². The maximum Gasteiger partial charge on any atom is 0.415 e. The van der Waals surface area contributed by atoms with Crippen LogP contribution in [0.3, 0.4) is 0 Å². The first kappa shape index (κ1) is 24.2. The highest BCUT2D eigenvalue weighted by molar-refractivity contribution is 5.94. The summed E-state index contributed by atoms with van der Waals surface area (Å²) in [6, 6.07) is 11.1. The number of ether oxygens (including phenoxy) is 1. The van der Waals surface area contributed by atoms with Crippen LogP contribution in [0.1, 0.15) is 49.0 Å². The number of carbonyl (C=O) groups excluding carboxylic acids is 2. The van der Waals surface area contributed by atoms with Gasteiger partial charge in [0.15, 0.2) is 11.6 Å². The van der Waals surface area contributed by atoms with E-state index < -0.39 is 17.7 Å². The van der Waals surface area contributed by atoms with Crippen molar-refractivity contribution in [1.82, 2.24) is 10.2 Å². The van der Waals surface area contributed by atoms with Crippen LogP contribution in [-0.4, -0.2) is 36.0 Å². The second-order valence-electron chi connectivity index (χ2n) is 8.64. The molecule has 6 nitrogen and oxygen atoms in total. The number of nitriles is 1. The van der Waals surface area contributed by atoms with Gasteiger partial charge in [-0.2, -0.15) is 5.26 Å². The zero-order valence-electron chi connectivity index (χ0n) is 18.7. The highest BCUT2D eigenvalue weighted by Gasteiger charge is 2.31. The molecule has 0 saturated carbocycles. The molecule has 174 valence electrons. The molecule has 3 rings (SSSR count). The number of piperidine rings is 1. The maximum atomic E-state index is 14.2. The Hall–Kier alpha value is -3.47. The SMILES string of the molecule is CC(C)CC(NC(=O)c1ccc(F)cc1)C1CCN(C(=O)Oc2cccc(C#N)c2F)CC1.